The number of carboxylic acid groups (broad SMARTS) is 1. The number of aromatic carboxylic acids is 1. The van der Waals surface area contributed by atoms with Gasteiger partial charge in [-0.2, -0.15) is 0 Å². The lowest BCUT2D eigenvalue weighted by Crippen LogP contribution is -2.39. The molecule has 2 N–H and O–H groups in total. The van der Waals surface area contributed by atoms with Crippen LogP contribution in [-0.4, -0.2) is 39.9 Å². The predicted molar refractivity (Wildman–Crippen MR) is 93.2 cm³/mol. The Kier molecular flexibility index (Phi) is 3.40. The molecule has 1 aliphatic heterocycles. The molecule has 0 amide bonds. The van der Waals surface area contributed by atoms with Crippen LogP contribution in [0.1, 0.15) is 35.7 Å². The van der Waals surface area contributed by atoms with Crippen molar-refractivity contribution in [1.82, 2.24) is 4.57 Å². The van der Waals surface area contributed by atoms with Crippen LogP contribution in [0, 0.1) is 23.5 Å². The summed E-state index contributed by atoms with van der Waals surface area (Å²) in [6.07, 6.45) is 2.88. The summed E-state index contributed by atoms with van der Waals surface area (Å²) < 4.78 is 31.8. The van der Waals surface area contributed by atoms with E-state index in [1.165, 1.54) is 10.8 Å². The van der Waals surface area contributed by atoms with Gasteiger partial charge in [0.1, 0.15) is 17.1 Å². The van der Waals surface area contributed by atoms with Crippen molar-refractivity contribution in [3.8, 4) is 0 Å². The molecule has 2 aliphatic carbocycles. The molecule has 0 spiro atoms. The summed E-state index contributed by atoms with van der Waals surface area (Å²) in [6, 6.07) is 0.869. The number of nitrogens with zero attached hydrogens (tertiary/aromatic N) is 2. The van der Waals surface area contributed by atoms with Gasteiger partial charge in [-0.1, -0.05) is 0 Å². The molecule has 1 aromatic carbocycles. The SMILES string of the molecule is O=C(O)c1cn(C2CC2)c2c(F)c(N3C[C@@H]4C[C@H](O)[C@@H]4C3)c(F)cc2c1=O. The van der Waals surface area contributed by atoms with E-state index in [1.54, 1.807) is 4.90 Å². The number of rotatable bonds is 3. The number of halogens is 2. The van der Waals surface area contributed by atoms with Gasteiger partial charge in [-0.3, -0.25) is 4.79 Å². The van der Waals surface area contributed by atoms with Gasteiger partial charge in [0.15, 0.2) is 5.82 Å². The predicted octanol–water partition coefficient (Wildman–Crippen LogP) is 2.13. The van der Waals surface area contributed by atoms with E-state index in [9.17, 15) is 24.2 Å². The molecule has 0 radical (unpaired) electrons. The van der Waals surface area contributed by atoms with Gasteiger partial charge in [0.05, 0.1) is 17.0 Å². The fourth-order valence-electron chi connectivity index (χ4n) is 4.57. The van der Waals surface area contributed by atoms with Gasteiger partial charge in [-0.25, -0.2) is 13.6 Å². The Bertz CT molecular complexity index is 1050. The van der Waals surface area contributed by atoms with Crippen LogP contribution in [0.5, 0.6) is 0 Å². The van der Waals surface area contributed by atoms with Crippen LogP contribution in [-0.2, 0) is 0 Å². The standard InChI is InChI=1S/C19H18F2N2O4/c20-13-4-10-16(23(9-1-2-9)7-12(18(10)25)19(26)27)15(21)17(13)22-5-8-3-14(24)11(8)6-22/h4,7-9,11,14,24H,1-3,5-6H2,(H,26,27)/t8-,11+,14-/m0/s1. The molecule has 8 heteroatoms. The van der Waals surface area contributed by atoms with Crippen molar-refractivity contribution in [1.29, 1.82) is 0 Å². The molecule has 1 saturated heterocycles. The van der Waals surface area contributed by atoms with E-state index < -0.39 is 34.7 Å². The maximum absolute atomic E-state index is 15.5. The first-order chi connectivity index (χ1) is 12.9. The molecular formula is C19H18F2N2O4. The van der Waals surface area contributed by atoms with Gasteiger partial charge in [0.25, 0.3) is 0 Å². The molecule has 3 aliphatic rings. The highest BCUT2D eigenvalue weighted by molar-refractivity contribution is 5.94. The van der Waals surface area contributed by atoms with E-state index in [-0.39, 0.29) is 34.5 Å². The minimum absolute atomic E-state index is 0.0134. The Morgan fingerprint density at radius 2 is 1.96 bits per heavy atom. The van der Waals surface area contributed by atoms with Crippen LogP contribution in [0.25, 0.3) is 10.9 Å². The van der Waals surface area contributed by atoms with E-state index in [0.29, 0.717) is 19.5 Å². The molecule has 5 rings (SSSR count). The second kappa shape index (κ2) is 5.51. The molecule has 2 saturated carbocycles. The zero-order valence-corrected chi connectivity index (χ0v) is 14.4. The highest BCUT2D eigenvalue weighted by atomic mass is 19.1. The molecule has 6 nitrogen and oxygen atoms in total. The fraction of sp³-hybridized carbons (Fsp3) is 0.474. The number of benzene rings is 1. The molecule has 3 atom stereocenters. The topological polar surface area (TPSA) is 82.8 Å². The first-order valence-electron chi connectivity index (χ1n) is 9.10. The lowest BCUT2D eigenvalue weighted by atomic mass is 9.74. The molecule has 1 aromatic heterocycles. The van der Waals surface area contributed by atoms with E-state index in [4.69, 9.17) is 0 Å². The van der Waals surface area contributed by atoms with Crippen molar-refractivity contribution in [2.24, 2.45) is 11.8 Å². The van der Waals surface area contributed by atoms with E-state index in [2.05, 4.69) is 0 Å². The number of fused-ring (bicyclic) bond motifs is 2. The second-order valence-corrected chi connectivity index (χ2v) is 7.86. The highest BCUT2D eigenvalue weighted by Gasteiger charge is 2.47. The Labute approximate surface area is 152 Å². The largest absolute Gasteiger partial charge is 0.477 e. The van der Waals surface area contributed by atoms with E-state index in [0.717, 1.165) is 18.9 Å². The number of pyridine rings is 1. The van der Waals surface area contributed by atoms with E-state index >= 15 is 4.39 Å². The maximum atomic E-state index is 15.5. The first-order valence-corrected chi connectivity index (χ1v) is 9.10. The van der Waals surface area contributed by atoms with Crippen molar-refractivity contribution in [3.63, 3.8) is 0 Å². The number of aliphatic hydroxyl groups is 1. The third-order valence-corrected chi connectivity index (χ3v) is 6.20. The van der Waals surface area contributed by atoms with Crippen LogP contribution in [0.2, 0.25) is 0 Å². The van der Waals surface area contributed by atoms with Crippen LogP contribution in [0.15, 0.2) is 17.1 Å². The van der Waals surface area contributed by atoms with Crippen LogP contribution in [0.3, 0.4) is 0 Å². The zero-order chi connectivity index (χ0) is 19.0. The van der Waals surface area contributed by atoms with Gasteiger partial charge in [0.2, 0.25) is 5.43 Å². The number of anilines is 1. The Morgan fingerprint density at radius 3 is 2.56 bits per heavy atom. The summed E-state index contributed by atoms with van der Waals surface area (Å²) in [4.78, 5) is 25.5. The highest BCUT2D eigenvalue weighted by Crippen LogP contribution is 2.45. The Balaban J connectivity index is 1.73. The molecule has 2 heterocycles. The molecule has 2 aromatic rings. The third kappa shape index (κ3) is 2.32. The lowest BCUT2D eigenvalue weighted by Gasteiger charge is -2.34. The monoisotopic (exact) mass is 376 g/mol. The van der Waals surface area contributed by atoms with Gasteiger partial charge in [0, 0.05) is 31.2 Å². The second-order valence-electron chi connectivity index (χ2n) is 7.86. The lowest BCUT2D eigenvalue weighted by molar-refractivity contribution is -0.00399. The van der Waals surface area contributed by atoms with Crippen molar-refractivity contribution in [2.45, 2.75) is 31.4 Å². The number of hydrogen-bond acceptors (Lipinski definition) is 4. The summed E-state index contributed by atoms with van der Waals surface area (Å²) >= 11 is 0. The van der Waals surface area contributed by atoms with Crippen molar-refractivity contribution in [2.75, 3.05) is 18.0 Å². The molecule has 3 fully saturated rings. The number of carbonyl (C=O) groups is 1. The quantitative estimate of drug-likeness (QED) is 0.858. The molecular weight excluding hydrogens is 358 g/mol. The van der Waals surface area contributed by atoms with Crippen molar-refractivity contribution < 1.29 is 23.8 Å². The first kappa shape index (κ1) is 16.7. The number of aliphatic hydroxyl groups excluding tert-OH is 1. The minimum atomic E-state index is -1.41. The number of hydrogen-bond donors (Lipinski definition) is 2. The zero-order valence-electron chi connectivity index (χ0n) is 14.4. The van der Waals surface area contributed by atoms with Gasteiger partial charge >= 0.3 is 5.97 Å². The van der Waals surface area contributed by atoms with Gasteiger partial charge < -0.3 is 19.7 Å². The van der Waals surface area contributed by atoms with Crippen LogP contribution < -0.4 is 10.3 Å². The Morgan fingerprint density at radius 1 is 1.22 bits per heavy atom. The summed E-state index contributed by atoms with van der Waals surface area (Å²) in [5, 5.41) is 18.8. The van der Waals surface area contributed by atoms with Crippen LogP contribution >= 0.6 is 0 Å². The summed E-state index contributed by atoms with van der Waals surface area (Å²) in [6.45, 7) is 0.827. The molecule has 27 heavy (non-hydrogen) atoms. The van der Waals surface area contributed by atoms with Gasteiger partial charge in [-0.05, 0) is 31.2 Å². The number of carboxylic acids is 1. The Hall–Kier alpha value is -2.48. The fourth-order valence-corrected chi connectivity index (χ4v) is 4.57. The molecule has 0 unspecified atom stereocenters. The normalized spacial score (nSPS) is 26.9. The number of aromatic nitrogens is 1. The average molecular weight is 376 g/mol. The smallest absolute Gasteiger partial charge is 0.341 e. The average Bonchev–Trinajstić information content (AvgIpc) is 3.39. The van der Waals surface area contributed by atoms with Crippen molar-refractivity contribution >= 4 is 22.6 Å². The molecule has 142 valence electrons. The summed E-state index contributed by atoms with van der Waals surface area (Å²) in [5.41, 5.74) is -1.59. The minimum Gasteiger partial charge on any atom is -0.477 e. The van der Waals surface area contributed by atoms with Crippen molar-refractivity contribution in [3.05, 3.63) is 39.7 Å². The third-order valence-electron chi connectivity index (χ3n) is 6.20. The summed E-state index contributed by atoms with van der Waals surface area (Å²) in [7, 11) is 0. The van der Waals surface area contributed by atoms with Crippen LogP contribution in [0.4, 0.5) is 14.5 Å². The van der Waals surface area contributed by atoms with Gasteiger partial charge in [-0.15, -0.1) is 0 Å². The summed E-state index contributed by atoms with van der Waals surface area (Å²) in [5.74, 6) is -2.89. The maximum Gasteiger partial charge on any atom is 0.341 e. The van der Waals surface area contributed by atoms with E-state index in [1.807, 2.05) is 0 Å². The molecule has 0 bridgehead atoms.